The lowest BCUT2D eigenvalue weighted by molar-refractivity contribution is 0.0606. The van der Waals surface area contributed by atoms with Gasteiger partial charge in [0.1, 0.15) is 11.2 Å². The van der Waals surface area contributed by atoms with Crippen molar-refractivity contribution in [3.63, 3.8) is 0 Å². The van der Waals surface area contributed by atoms with Gasteiger partial charge in [-0.05, 0) is 0 Å². The highest BCUT2D eigenvalue weighted by Gasteiger charge is 2.21. The fraction of sp³-hybridized carbons (Fsp3) is 0.400. The van der Waals surface area contributed by atoms with Crippen LogP contribution in [0.1, 0.15) is 15.5 Å². The molecule has 7 nitrogen and oxygen atoms in total. The van der Waals surface area contributed by atoms with Gasteiger partial charge in [0.25, 0.3) is 0 Å². The number of ether oxygens (including phenoxy) is 1. The van der Waals surface area contributed by atoms with Gasteiger partial charge >= 0.3 is 5.97 Å². The van der Waals surface area contributed by atoms with Gasteiger partial charge in [-0.2, -0.15) is 0 Å². The molecule has 1 aliphatic rings. The molecule has 0 atom stereocenters. The molecule has 0 saturated carbocycles. The summed E-state index contributed by atoms with van der Waals surface area (Å²) in [6.45, 7) is 2.32. The Kier molecular flexibility index (Phi) is 2.71. The summed E-state index contributed by atoms with van der Waals surface area (Å²) in [5.41, 5.74) is 0. The Labute approximate surface area is 107 Å². The van der Waals surface area contributed by atoms with Crippen molar-refractivity contribution >= 4 is 22.4 Å². The van der Waals surface area contributed by atoms with E-state index >= 15 is 0 Å². The number of methoxy groups -OCH3 is 1. The standard InChI is InChI=1S/C10H11N5O2S/c1-17-9(16)7-4-11-10(18-7)14-2-3-15-6-12-13-8(15)5-14/h4,6H,2-3,5H2,1H3. The van der Waals surface area contributed by atoms with E-state index in [0.29, 0.717) is 11.4 Å². The molecule has 8 heteroatoms. The molecule has 94 valence electrons. The van der Waals surface area contributed by atoms with Crippen LogP contribution in [0.4, 0.5) is 5.13 Å². The fourth-order valence-corrected chi connectivity index (χ4v) is 2.69. The Bertz CT molecular complexity index is 578. The quantitative estimate of drug-likeness (QED) is 0.738. The number of aromatic nitrogens is 4. The van der Waals surface area contributed by atoms with E-state index < -0.39 is 0 Å². The molecule has 0 saturated heterocycles. The molecule has 0 aromatic carbocycles. The van der Waals surface area contributed by atoms with Crippen LogP contribution in [0.5, 0.6) is 0 Å². The maximum atomic E-state index is 11.4. The highest BCUT2D eigenvalue weighted by Crippen LogP contribution is 2.25. The van der Waals surface area contributed by atoms with Crippen LogP contribution in [0, 0.1) is 0 Å². The summed E-state index contributed by atoms with van der Waals surface area (Å²) < 4.78 is 6.69. The predicted octanol–water partition coefficient (Wildman–Crippen LogP) is 0.541. The van der Waals surface area contributed by atoms with E-state index in [-0.39, 0.29) is 5.97 Å². The Morgan fingerprint density at radius 2 is 2.39 bits per heavy atom. The lowest BCUT2D eigenvalue weighted by Crippen LogP contribution is -2.33. The molecule has 0 amide bonds. The third-order valence-electron chi connectivity index (χ3n) is 2.79. The highest BCUT2D eigenvalue weighted by molar-refractivity contribution is 7.17. The summed E-state index contributed by atoms with van der Waals surface area (Å²) in [6, 6.07) is 0. The number of anilines is 1. The van der Waals surface area contributed by atoms with Crippen molar-refractivity contribution in [2.75, 3.05) is 18.6 Å². The van der Waals surface area contributed by atoms with Crippen molar-refractivity contribution in [1.29, 1.82) is 0 Å². The van der Waals surface area contributed by atoms with E-state index in [2.05, 4.69) is 24.8 Å². The molecular formula is C10H11N5O2S. The molecule has 3 heterocycles. The second-order valence-electron chi connectivity index (χ2n) is 3.86. The van der Waals surface area contributed by atoms with Gasteiger partial charge in [0.2, 0.25) is 0 Å². The molecule has 0 spiro atoms. The van der Waals surface area contributed by atoms with Gasteiger partial charge < -0.3 is 14.2 Å². The number of fused-ring (bicyclic) bond motifs is 1. The molecular weight excluding hydrogens is 254 g/mol. The minimum atomic E-state index is -0.348. The van der Waals surface area contributed by atoms with Gasteiger partial charge in [-0.15, -0.1) is 10.2 Å². The van der Waals surface area contributed by atoms with E-state index in [1.165, 1.54) is 18.4 Å². The number of esters is 1. The van der Waals surface area contributed by atoms with Crippen molar-refractivity contribution < 1.29 is 9.53 Å². The minimum absolute atomic E-state index is 0.348. The molecule has 2 aromatic heterocycles. The number of thiazole rings is 1. The highest BCUT2D eigenvalue weighted by atomic mass is 32.1. The van der Waals surface area contributed by atoms with E-state index in [1.54, 1.807) is 12.5 Å². The summed E-state index contributed by atoms with van der Waals surface area (Å²) in [5.74, 6) is 0.565. The number of carbonyl (C=O) groups is 1. The summed E-state index contributed by atoms with van der Waals surface area (Å²) in [6.07, 6.45) is 3.28. The second kappa shape index (κ2) is 4.37. The third-order valence-corrected chi connectivity index (χ3v) is 3.83. The lowest BCUT2D eigenvalue weighted by Gasteiger charge is -2.26. The fourth-order valence-electron chi connectivity index (χ4n) is 1.84. The van der Waals surface area contributed by atoms with E-state index in [4.69, 9.17) is 0 Å². The van der Waals surface area contributed by atoms with Gasteiger partial charge in [-0.25, -0.2) is 9.78 Å². The third kappa shape index (κ3) is 1.84. The summed E-state index contributed by atoms with van der Waals surface area (Å²) in [4.78, 5) is 18.2. The van der Waals surface area contributed by atoms with Gasteiger partial charge in [0.15, 0.2) is 11.0 Å². The molecule has 0 aliphatic carbocycles. The average Bonchev–Trinajstić information content (AvgIpc) is 3.05. The Balaban J connectivity index is 1.80. The zero-order valence-corrected chi connectivity index (χ0v) is 10.6. The minimum Gasteiger partial charge on any atom is -0.465 e. The van der Waals surface area contributed by atoms with Gasteiger partial charge in [-0.3, -0.25) is 0 Å². The molecule has 2 aromatic rings. The molecule has 0 bridgehead atoms. The zero-order valence-electron chi connectivity index (χ0n) is 9.74. The van der Waals surface area contributed by atoms with Crippen LogP contribution in [0.25, 0.3) is 0 Å². The summed E-state index contributed by atoms with van der Waals surface area (Å²) >= 11 is 1.33. The summed E-state index contributed by atoms with van der Waals surface area (Å²) in [5, 5.41) is 8.73. The first kappa shape index (κ1) is 11.1. The molecule has 0 fully saturated rings. The maximum absolute atomic E-state index is 11.4. The number of hydrogen-bond acceptors (Lipinski definition) is 7. The maximum Gasteiger partial charge on any atom is 0.349 e. The molecule has 0 N–H and O–H groups in total. The first-order valence-electron chi connectivity index (χ1n) is 5.43. The van der Waals surface area contributed by atoms with Gasteiger partial charge in [-0.1, -0.05) is 11.3 Å². The van der Waals surface area contributed by atoms with Crippen molar-refractivity contribution in [3.8, 4) is 0 Å². The van der Waals surface area contributed by atoms with Crippen molar-refractivity contribution in [1.82, 2.24) is 19.7 Å². The number of rotatable bonds is 2. The smallest absolute Gasteiger partial charge is 0.349 e. The van der Waals surface area contributed by atoms with E-state index in [1.807, 2.05) is 4.57 Å². The topological polar surface area (TPSA) is 73.1 Å². The van der Waals surface area contributed by atoms with Crippen molar-refractivity contribution in [2.45, 2.75) is 13.1 Å². The van der Waals surface area contributed by atoms with Crippen LogP contribution in [-0.2, 0) is 17.8 Å². The lowest BCUT2D eigenvalue weighted by atomic mass is 10.4. The van der Waals surface area contributed by atoms with Crippen LogP contribution in [0.2, 0.25) is 0 Å². The van der Waals surface area contributed by atoms with Crippen LogP contribution in [0.3, 0.4) is 0 Å². The van der Waals surface area contributed by atoms with Crippen LogP contribution >= 0.6 is 11.3 Å². The normalized spacial score (nSPS) is 14.4. The van der Waals surface area contributed by atoms with Crippen molar-refractivity contribution in [3.05, 3.63) is 23.2 Å². The molecule has 0 unspecified atom stereocenters. The van der Waals surface area contributed by atoms with Crippen molar-refractivity contribution in [2.24, 2.45) is 0 Å². The van der Waals surface area contributed by atoms with E-state index in [9.17, 15) is 4.79 Å². The average molecular weight is 265 g/mol. The number of carbonyl (C=O) groups excluding carboxylic acids is 1. The van der Waals surface area contributed by atoms with Gasteiger partial charge in [0.05, 0.1) is 19.9 Å². The molecule has 18 heavy (non-hydrogen) atoms. The molecule has 0 radical (unpaired) electrons. The number of hydrogen-bond donors (Lipinski definition) is 0. The zero-order chi connectivity index (χ0) is 12.5. The SMILES string of the molecule is COC(=O)c1cnc(N2CCn3cnnc3C2)s1. The van der Waals surface area contributed by atoms with Crippen LogP contribution in [0.15, 0.2) is 12.5 Å². The summed E-state index contributed by atoms with van der Waals surface area (Å²) in [7, 11) is 1.37. The Morgan fingerprint density at radius 1 is 1.50 bits per heavy atom. The molecule has 3 rings (SSSR count). The largest absolute Gasteiger partial charge is 0.465 e. The Morgan fingerprint density at radius 3 is 3.22 bits per heavy atom. The Hall–Kier alpha value is -1.96. The first-order chi connectivity index (χ1) is 8.78. The van der Waals surface area contributed by atoms with E-state index in [0.717, 1.165) is 24.0 Å². The van der Waals surface area contributed by atoms with Crippen LogP contribution in [-0.4, -0.2) is 39.4 Å². The molecule has 1 aliphatic heterocycles. The number of nitrogens with zero attached hydrogens (tertiary/aromatic N) is 5. The predicted molar refractivity (Wildman–Crippen MR) is 64.5 cm³/mol. The van der Waals surface area contributed by atoms with Crippen LogP contribution < -0.4 is 4.90 Å². The second-order valence-corrected chi connectivity index (χ2v) is 4.87. The monoisotopic (exact) mass is 265 g/mol. The van der Waals surface area contributed by atoms with Gasteiger partial charge in [0, 0.05) is 13.1 Å². The first-order valence-corrected chi connectivity index (χ1v) is 6.25.